The summed E-state index contributed by atoms with van der Waals surface area (Å²) in [5.74, 6) is -3.75. The zero-order chi connectivity index (χ0) is 34.7. The van der Waals surface area contributed by atoms with E-state index in [9.17, 15) is 42.5 Å². The second-order valence-electron chi connectivity index (χ2n) is 12.4. The van der Waals surface area contributed by atoms with Gasteiger partial charge in [0.1, 0.15) is 11.8 Å². The van der Waals surface area contributed by atoms with Gasteiger partial charge in [-0.2, -0.15) is 13.2 Å². The van der Waals surface area contributed by atoms with E-state index in [1.54, 1.807) is 0 Å². The van der Waals surface area contributed by atoms with E-state index in [2.05, 4.69) is 5.32 Å². The van der Waals surface area contributed by atoms with Crippen molar-refractivity contribution in [3.63, 3.8) is 0 Å². The molecule has 2 aliphatic rings. The van der Waals surface area contributed by atoms with Crippen LogP contribution in [-0.4, -0.2) is 32.5 Å². The number of hydrogen-bond acceptors (Lipinski definition) is 8. The Morgan fingerprint density at radius 1 is 0.938 bits per heavy atom. The van der Waals surface area contributed by atoms with E-state index in [0.29, 0.717) is 10.4 Å². The van der Waals surface area contributed by atoms with Gasteiger partial charge in [-0.1, -0.05) is 80.3 Å². The number of nitro groups is 1. The van der Waals surface area contributed by atoms with Gasteiger partial charge in [0, 0.05) is 22.9 Å². The molecule has 3 heterocycles. The fourth-order valence-corrected chi connectivity index (χ4v) is 8.73. The second-order valence-corrected chi connectivity index (χ2v) is 14.5. The summed E-state index contributed by atoms with van der Waals surface area (Å²) in [6, 6.07) is 17.0. The molecule has 1 aromatic heterocycles. The van der Waals surface area contributed by atoms with Gasteiger partial charge in [0.2, 0.25) is 17.7 Å². The number of thioether (sulfide) groups is 1. The highest BCUT2D eigenvalue weighted by Crippen LogP contribution is 2.54. The SMILES string of the molecule is CC(C)(C)c1ccc([C@H]2c3sc(=O)n(CC(=O)Nc4ccccc4C(F)(F)F)c3SC3C(=O)N(c4ccc([N+](=O)[O-])cc4)C(=O)C32)cc1. The smallest absolute Gasteiger partial charge is 0.324 e. The lowest BCUT2D eigenvalue weighted by atomic mass is 9.81. The number of fused-ring (bicyclic) bond motifs is 2. The molecule has 0 bridgehead atoms. The van der Waals surface area contributed by atoms with Gasteiger partial charge in [-0.3, -0.25) is 33.9 Å². The van der Waals surface area contributed by atoms with Crippen molar-refractivity contribution < 1.29 is 32.5 Å². The van der Waals surface area contributed by atoms with Crippen molar-refractivity contribution >= 4 is 57.9 Å². The first-order valence-electron chi connectivity index (χ1n) is 14.6. The maximum absolute atomic E-state index is 14.1. The number of carbonyl (C=O) groups is 3. The number of aromatic nitrogens is 1. The molecular formula is C33H27F3N4O6S2. The third-order valence-electron chi connectivity index (χ3n) is 8.31. The molecule has 10 nitrogen and oxygen atoms in total. The van der Waals surface area contributed by atoms with Crippen molar-refractivity contribution in [1.29, 1.82) is 0 Å². The number of thiazole rings is 1. The van der Waals surface area contributed by atoms with Gasteiger partial charge in [-0.15, -0.1) is 0 Å². The van der Waals surface area contributed by atoms with Crippen LogP contribution in [0.4, 0.5) is 30.2 Å². The fourth-order valence-electron chi connectivity index (χ4n) is 5.96. The van der Waals surface area contributed by atoms with Crippen molar-refractivity contribution in [3.8, 4) is 0 Å². The molecule has 1 N–H and O–H groups in total. The summed E-state index contributed by atoms with van der Waals surface area (Å²) in [6.45, 7) is 5.49. The van der Waals surface area contributed by atoms with Gasteiger partial charge in [0.05, 0.1) is 32.8 Å². The molecule has 0 spiro atoms. The van der Waals surface area contributed by atoms with Gasteiger partial charge < -0.3 is 5.32 Å². The highest BCUT2D eigenvalue weighted by Gasteiger charge is 2.57. The van der Waals surface area contributed by atoms with Crippen LogP contribution < -0.4 is 15.1 Å². The summed E-state index contributed by atoms with van der Waals surface area (Å²) >= 11 is 1.76. The number of rotatable bonds is 6. The zero-order valence-electron chi connectivity index (χ0n) is 25.6. The lowest BCUT2D eigenvalue weighted by Gasteiger charge is -2.31. The normalized spacial score (nSPS) is 19.2. The Hall–Kier alpha value is -4.76. The minimum atomic E-state index is -4.73. The lowest BCUT2D eigenvalue weighted by molar-refractivity contribution is -0.384. The molecule has 0 saturated carbocycles. The highest BCUT2D eigenvalue weighted by molar-refractivity contribution is 8.00. The minimum absolute atomic E-state index is 0.149. The predicted molar refractivity (Wildman–Crippen MR) is 174 cm³/mol. The number of carbonyl (C=O) groups excluding carboxylic acids is 3. The fraction of sp³-hybridized carbons (Fsp3) is 0.273. The monoisotopic (exact) mass is 696 g/mol. The molecule has 4 aromatic rings. The number of benzene rings is 3. The third kappa shape index (κ3) is 5.92. The maximum atomic E-state index is 14.1. The molecule has 1 fully saturated rings. The van der Waals surface area contributed by atoms with E-state index in [1.807, 2.05) is 45.0 Å². The van der Waals surface area contributed by atoms with Gasteiger partial charge in [0.25, 0.3) is 5.69 Å². The number of nitro benzene ring substituents is 1. The molecule has 48 heavy (non-hydrogen) atoms. The molecule has 6 rings (SSSR count). The standard InChI is InChI=1S/C33H27F3N4O6S2/c1-32(2,3)18-10-8-17(9-11-18)24-25-26(29(43)39(28(25)42)19-12-14-20(15-13-19)40(45)46)47-30-27(24)48-31(44)38(30)16-23(41)37-22-7-5-4-6-21(22)33(34,35)36/h4-15,24-26H,16H2,1-3H3,(H,37,41)/t24-,25?,26?/m1/s1. The average molecular weight is 697 g/mol. The van der Waals surface area contributed by atoms with Crippen molar-refractivity contribution in [2.75, 3.05) is 10.2 Å². The number of imide groups is 1. The van der Waals surface area contributed by atoms with Crippen molar-refractivity contribution in [2.45, 2.75) is 55.1 Å². The average Bonchev–Trinajstić information content (AvgIpc) is 3.46. The second kappa shape index (κ2) is 12.0. The van der Waals surface area contributed by atoms with Crippen LogP contribution in [0.5, 0.6) is 0 Å². The highest BCUT2D eigenvalue weighted by atomic mass is 32.2. The topological polar surface area (TPSA) is 132 Å². The molecule has 3 atom stereocenters. The van der Waals surface area contributed by atoms with Gasteiger partial charge in [-0.05, 0) is 40.8 Å². The minimum Gasteiger partial charge on any atom is -0.324 e. The number of nitrogens with one attached hydrogen (secondary N) is 1. The number of amides is 3. The predicted octanol–water partition coefficient (Wildman–Crippen LogP) is 6.57. The van der Waals surface area contributed by atoms with E-state index in [-0.39, 0.29) is 21.8 Å². The summed E-state index contributed by atoms with van der Waals surface area (Å²) < 4.78 is 41.8. The molecule has 15 heteroatoms. The molecule has 2 aliphatic heterocycles. The third-order valence-corrected chi connectivity index (χ3v) is 10.9. The van der Waals surface area contributed by atoms with Crippen molar-refractivity contribution in [1.82, 2.24) is 4.57 Å². The van der Waals surface area contributed by atoms with E-state index in [1.165, 1.54) is 36.4 Å². The van der Waals surface area contributed by atoms with Crippen molar-refractivity contribution in [2.24, 2.45) is 5.92 Å². The van der Waals surface area contributed by atoms with E-state index in [4.69, 9.17) is 0 Å². The Balaban J connectivity index is 1.41. The van der Waals surface area contributed by atoms with Crippen LogP contribution >= 0.6 is 23.1 Å². The number of alkyl halides is 3. The summed E-state index contributed by atoms with van der Waals surface area (Å²) in [5, 5.41) is 12.7. The Labute approximate surface area is 279 Å². The Bertz CT molecular complexity index is 2020. The number of non-ortho nitro benzene ring substituents is 1. The van der Waals surface area contributed by atoms with Crippen LogP contribution in [-0.2, 0) is 32.5 Å². The summed E-state index contributed by atoms with van der Waals surface area (Å²) in [4.78, 5) is 66.0. The van der Waals surface area contributed by atoms with Crippen LogP contribution in [0.3, 0.4) is 0 Å². The quantitative estimate of drug-likeness (QED) is 0.137. The Morgan fingerprint density at radius 3 is 2.19 bits per heavy atom. The zero-order valence-corrected chi connectivity index (χ0v) is 27.2. The molecular weight excluding hydrogens is 670 g/mol. The maximum Gasteiger partial charge on any atom is 0.418 e. The molecule has 1 saturated heterocycles. The summed E-state index contributed by atoms with van der Waals surface area (Å²) in [6.07, 6.45) is -4.73. The number of halogens is 3. The Morgan fingerprint density at radius 2 is 1.58 bits per heavy atom. The first-order chi connectivity index (χ1) is 22.6. The first kappa shape index (κ1) is 33.2. The number of anilines is 2. The molecule has 0 aliphatic carbocycles. The number of nitrogens with zero attached hydrogens (tertiary/aromatic N) is 3. The van der Waals surface area contributed by atoms with E-state index >= 15 is 0 Å². The molecule has 3 amide bonds. The first-order valence-corrected chi connectivity index (χ1v) is 16.3. The molecule has 2 unspecified atom stereocenters. The Kier molecular flexibility index (Phi) is 8.32. The van der Waals surface area contributed by atoms with E-state index < -0.39 is 68.6 Å². The van der Waals surface area contributed by atoms with Gasteiger partial charge in [0.15, 0.2) is 0 Å². The molecule has 3 aromatic carbocycles. The van der Waals surface area contributed by atoms with Gasteiger partial charge >= 0.3 is 11.0 Å². The van der Waals surface area contributed by atoms with E-state index in [0.717, 1.165) is 50.3 Å². The largest absolute Gasteiger partial charge is 0.418 e. The summed E-state index contributed by atoms with van der Waals surface area (Å²) in [7, 11) is 0. The van der Waals surface area contributed by atoms with Crippen LogP contribution in [0, 0.1) is 16.0 Å². The van der Waals surface area contributed by atoms with Crippen LogP contribution in [0.25, 0.3) is 0 Å². The lowest BCUT2D eigenvalue weighted by Crippen LogP contribution is -2.33. The summed E-state index contributed by atoms with van der Waals surface area (Å²) in [5.41, 5.74) is -0.103. The molecule has 0 radical (unpaired) electrons. The van der Waals surface area contributed by atoms with Crippen LogP contribution in [0.2, 0.25) is 0 Å². The molecule has 248 valence electrons. The van der Waals surface area contributed by atoms with Crippen LogP contribution in [0.1, 0.15) is 48.3 Å². The van der Waals surface area contributed by atoms with Gasteiger partial charge in [-0.25, -0.2) is 4.90 Å². The number of hydrogen-bond donors (Lipinski definition) is 1. The van der Waals surface area contributed by atoms with Crippen molar-refractivity contribution in [3.05, 3.63) is 114 Å². The number of para-hydroxylation sites is 1. The van der Waals surface area contributed by atoms with Crippen LogP contribution in [0.15, 0.2) is 82.6 Å².